The Morgan fingerprint density at radius 2 is 1.28 bits per heavy atom. The molecule has 156 valence electrons. The van der Waals surface area contributed by atoms with Gasteiger partial charge >= 0.3 is 11.9 Å². The minimum absolute atomic E-state index is 0.325. The molecular formula is C25H32O4. The Morgan fingerprint density at radius 3 is 1.93 bits per heavy atom. The molecule has 0 saturated heterocycles. The molecule has 0 N–H and O–H groups in total. The summed E-state index contributed by atoms with van der Waals surface area (Å²) in [6, 6.07) is 15.3. The van der Waals surface area contributed by atoms with Crippen molar-refractivity contribution in [3.8, 4) is 5.75 Å². The van der Waals surface area contributed by atoms with Crippen LogP contribution in [0.4, 0.5) is 0 Å². The van der Waals surface area contributed by atoms with E-state index in [9.17, 15) is 9.59 Å². The molecule has 29 heavy (non-hydrogen) atoms. The van der Waals surface area contributed by atoms with Gasteiger partial charge in [0.05, 0.1) is 17.7 Å². The van der Waals surface area contributed by atoms with Gasteiger partial charge in [0.2, 0.25) is 0 Å². The van der Waals surface area contributed by atoms with Gasteiger partial charge in [-0.25, -0.2) is 9.59 Å². The van der Waals surface area contributed by atoms with E-state index < -0.39 is 11.9 Å². The number of esters is 2. The maximum Gasteiger partial charge on any atom is 0.343 e. The molecule has 0 saturated carbocycles. The summed E-state index contributed by atoms with van der Waals surface area (Å²) in [5.74, 6) is -0.431. The smallest absolute Gasteiger partial charge is 0.343 e. The van der Waals surface area contributed by atoms with Crippen molar-refractivity contribution in [1.82, 2.24) is 0 Å². The molecule has 0 bridgehead atoms. The van der Waals surface area contributed by atoms with Crippen LogP contribution in [0.1, 0.15) is 85.4 Å². The Bertz CT molecular complexity index is 739. The van der Waals surface area contributed by atoms with Crippen molar-refractivity contribution in [3.05, 3.63) is 65.7 Å². The number of unbranched alkanes of at least 4 members (excludes halogenated alkanes) is 8. The molecule has 2 rings (SSSR count). The molecule has 0 heterocycles. The van der Waals surface area contributed by atoms with E-state index in [2.05, 4.69) is 6.92 Å². The van der Waals surface area contributed by atoms with Crippen molar-refractivity contribution >= 4 is 11.9 Å². The molecule has 0 aliphatic carbocycles. The van der Waals surface area contributed by atoms with Crippen molar-refractivity contribution in [2.75, 3.05) is 6.61 Å². The number of para-hydroxylation sites is 1. The van der Waals surface area contributed by atoms with Crippen molar-refractivity contribution in [1.29, 1.82) is 0 Å². The number of ether oxygens (including phenoxy) is 2. The average molecular weight is 397 g/mol. The van der Waals surface area contributed by atoms with Gasteiger partial charge in [0, 0.05) is 0 Å². The molecule has 0 aliphatic heterocycles. The first-order valence-electron chi connectivity index (χ1n) is 10.7. The topological polar surface area (TPSA) is 52.6 Å². The van der Waals surface area contributed by atoms with Gasteiger partial charge in [-0.2, -0.15) is 0 Å². The predicted octanol–water partition coefficient (Wildman–Crippen LogP) is 6.59. The van der Waals surface area contributed by atoms with Crippen LogP contribution in [0.25, 0.3) is 0 Å². The van der Waals surface area contributed by atoms with E-state index in [0.29, 0.717) is 23.5 Å². The standard InChI is InChI=1S/C25H32O4/c1-2-3-4-5-6-7-8-9-13-19-28-24(26)21-15-14-16-22(20-21)25(27)29-23-17-11-10-12-18-23/h10-12,14-18,20H,2-9,13,19H2,1H3. The highest BCUT2D eigenvalue weighted by atomic mass is 16.5. The van der Waals surface area contributed by atoms with Gasteiger partial charge in [0.15, 0.2) is 0 Å². The minimum atomic E-state index is -0.496. The second-order valence-electron chi connectivity index (χ2n) is 7.25. The van der Waals surface area contributed by atoms with Crippen LogP contribution in [0.3, 0.4) is 0 Å². The SMILES string of the molecule is CCCCCCCCCCCOC(=O)c1cccc(C(=O)Oc2ccccc2)c1. The van der Waals surface area contributed by atoms with E-state index in [1.165, 1.54) is 51.0 Å². The second-order valence-corrected chi connectivity index (χ2v) is 7.25. The van der Waals surface area contributed by atoms with Crippen molar-refractivity contribution < 1.29 is 19.1 Å². The first-order chi connectivity index (χ1) is 14.2. The van der Waals surface area contributed by atoms with E-state index in [1.54, 1.807) is 42.5 Å². The van der Waals surface area contributed by atoms with Crippen LogP contribution < -0.4 is 4.74 Å². The lowest BCUT2D eigenvalue weighted by molar-refractivity contribution is 0.0497. The molecule has 0 unspecified atom stereocenters. The molecule has 4 nitrogen and oxygen atoms in total. The van der Waals surface area contributed by atoms with Crippen LogP contribution in [0.2, 0.25) is 0 Å². The summed E-state index contributed by atoms with van der Waals surface area (Å²) in [5, 5.41) is 0. The number of carbonyl (C=O) groups excluding carboxylic acids is 2. The fourth-order valence-corrected chi connectivity index (χ4v) is 3.09. The summed E-state index contributed by atoms with van der Waals surface area (Å²) in [4.78, 5) is 24.5. The molecule has 4 heteroatoms. The molecule has 0 radical (unpaired) electrons. The predicted molar refractivity (Wildman–Crippen MR) is 115 cm³/mol. The lowest BCUT2D eigenvalue weighted by Crippen LogP contribution is -2.11. The lowest BCUT2D eigenvalue weighted by Gasteiger charge is -2.07. The summed E-state index contributed by atoms with van der Waals surface area (Å²) >= 11 is 0. The van der Waals surface area contributed by atoms with Crippen LogP contribution in [-0.4, -0.2) is 18.5 Å². The zero-order chi connectivity index (χ0) is 20.7. The zero-order valence-corrected chi connectivity index (χ0v) is 17.4. The lowest BCUT2D eigenvalue weighted by atomic mass is 10.1. The fraction of sp³-hybridized carbons (Fsp3) is 0.440. The summed E-state index contributed by atoms with van der Waals surface area (Å²) in [6.45, 7) is 2.64. The first kappa shape index (κ1) is 22.7. The quantitative estimate of drug-likeness (QED) is 0.218. The second kappa shape index (κ2) is 13.5. The van der Waals surface area contributed by atoms with Gasteiger partial charge in [-0.3, -0.25) is 0 Å². The van der Waals surface area contributed by atoms with Gasteiger partial charge < -0.3 is 9.47 Å². The molecule has 0 aliphatic rings. The number of hydrogen-bond donors (Lipinski definition) is 0. The molecule has 2 aromatic carbocycles. The largest absolute Gasteiger partial charge is 0.462 e. The monoisotopic (exact) mass is 396 g/mol. The number of hydrogen-bond acceptors (Lipinski definition) is 4. The molecule has 0 spiro atoms. The maximum absolute atomic E-state index is 12.3. The number of rotatable bonds is 13. The zero-order valence-electron chi connectivity index (χ0n) is 17.4. The highest BCUT2D eigenvalue weighted by Gasteiger charge is 2.13. The first-order valence-corrected chi connectivity index (χ1v) is 10.7. The van der Waals surface area contributed by atoms with Crippen LogP contribution >= 0.6 is 0 Å². The van der Waals surface area contributed by atoms with E-state index >= 15 is 0 Å². The molecule has 2 aromatic rings. The van der Waals surface area contributed by atoms with Crippen molar-refractivity contribution in [2.24, 2.45) is 0 Å². The van der Waals surface area contributed by atoms with E-state index in [4.69, 9.17) is 9.47 Å². The van der Waals surface area contributed by atoms with Crippen LogP contribution in [0.5, 0.6) is 5.75 Å². The molecule has 0 atom stereocenters. The minimum Gasteiger partial charge on any atom is -0.462 e. The third kappa shape index (κ3) is 8.95. The van der Waals surface area contributed by atoms with Gasteiger partial charge in [0.25, 0.3) is 0 Å². The number of carbonyl (C=O) groups is 2. The highest BCUT2D eigenvalue weighted by molar-refractivity contribution is 5.96. The van der Waals surface area contributed by atoms with Crippen molar-refractivity contribution in [3.63, 3.8) is 0 Å². The Morgan fingerprint density at radius 1 is 0.690 bits per heavy atom. The molecular weight excluding hydrogens is 364 g/mol. The third-order valence-corrected chi connectivity index (χ3v) is 4.77. The Labute approximate surface area is 174 Å². The summed E-state index contributed by atoms with van der Waals surface area (Å²) in [6.07, 6.45) is 11.0. The fourth-order valence-electron chi connectivity index (χ4n) is 3.09. The normalized spacial score (nSPS) is 10.5. The third-order valence-electron chi connectivity index (χ3n) is 4.77. The van der Waals surface area contributed by atoms with Crippen molar-refractivity contribution in [2.45, 2.75) is 64.7 Å². The molecule has 0 aromatic heterocycles. The summed E-state index contributed by atoms with van der Waals surface area (Å²) in [5.41, 5.74) is 0.690. The average Bonchev–Trinajstić information content (AvgIpc) is 2.75. The van der Waals surface area contributed by atoms with E-state index in [0.717, 1.165) is 12.8 Å². The molecule has 0 fully saturated rings. The van der Waals surface area contributed by atoms with E-state index in [-0.39, 0.29) is 0 Å². The Kier molecular flexibility index (Phi) is 10.6. The molecule has 0 amide bonds. The van der Waals surface area contributed by atoms with E-state index in [1.807, 2.05) is 6.07 Å². The Hall–Kier alpha value is -2.62. The van der Waals surface area contributed by atoms with Crippen LogP contribution in [0, 0.1) is 0 Å². The summed E-state index contributed by atoms with van der Waals surface area (Å²) < 4.78 is 10.7. The van der Waals surface area contributed by atoms with Gasteiger partial charge in [-0.15, -0.1) is 0 Å². The number of benzene rings is 2. The van der Waals surface area contributed by atoms with Gasteiger partial charge in [0.1, 0.15) is 5.75 Å². The van der Waals surface area contributed by atoms with Gasteiger partial charge in [-0.05, 0) is 36.8 Å². The van der Waals surface area contributed by atoms with Gasteiger partial charge in [-0.1, -0.05) is 82.6 Å². The Balaban J connectivity index is 1.67. The van der Waals surface area contributed by atoms with Crippen LogP contribution in [-0.2, 0) is 4.74 Å². The maximum atomic E-state index is 12.3. The summed E-state index contributed by atoms with van der Waals surface area (Å²) in [7, 11) is 0. The highest BCUT2D eigenvalue weighted by Crippen LogP contribution is 2.14. The van der Waals surface area contributed by atoms with Crippen LogP contribution in [0.15, 0.2) is 54.6 Å².